The van der Waals surface area contributed by atoms with E-state index in [1.54, 1.807) is 0 Å². The summed E-state index contributed by atoms with van der Waals surface area (Å²) in [6, 6.07) is 106. The van der Waals surface area contributed by atoms with Crippen molar-refractivity contribution in [3.05, 3.63) is 309 Å². The molecule has 5 heterocycles. The molecule has 0 aliphatic carbocycles. The Hall–Kier alpha value is -12.7. The topological polar surface area (TPSA) is 126 Å². The molecular weight excluding hydrogens is 1130 g/mol. The van der Waals surface area contributed by atoms with Gasteiger partial charge in [-0.3, -0.25) is 0 Å². The van der Waals surface area contributed by atoms with Gasteiger partial charge in [0, 0.05) is 77.3 Å². The molecule has 17 aromatic rings. The van der Waals surface area contributed by atoms with Crippen molar-refractivity contribution in [3.8, 4) is 125 Å². The molecule has 0 N–H and O–H groups in total. The smallest absolute Gasteiger partial charge is 0.166 e. The average Bonchev–Trinajstić information content (AvgIpc) is 1.58. The number of benzene rings is 12. The van der Waals surface area contributed by atoms with E-state index in [9.17, 15) is 0 Å². The fourth-order valence-corrected chi connectivity index (χ4v) is 12.6. The molecule has 12 aromatic carbocycles. The van der Waals surface area contributed by atoms with Crippen LogP contribution >= 0.6 is 0 Å². The molecule has 0 unspecified atom stereocenters. The van der Waals surface area contributed by atoms with E-state index in [0.717, 1.165) is 116 Å². The lowest BCUT2D eigenvalue weighted by molar-refractivity contribution is 1.06. The van der Waals surface area contributed by atoms with Crippen LogP contribution in [-0.4, -0.2) is 54.0 Å². The standard InChI is InChI=1S/C81H51N11/c1-8-25-52(26-9-1)73-82-74(53-27-10-2-11-28-53)86-79(85-73)59-44-47-68-64(50-59)65-51-60(80-87-75(54-29-12-3-13-30-54)83-76(88-80)55-31-14-4-15-32-55)45-48-69(65)92(68)70-46-43-58(62-40-24-42-71-72(62)63-39-22-23-41-67(63)91(71)61-37-20-7-21-38-61)49-66(70)81-89-77(56-33-16-5-17-34-56)84-78(90-81)57-35-18-6-19-36-57/h1-51H. The van der Waals surface area contributed by atoms with Crippen molar-refractivity contribution >= 4 is 43.6 Å². The Labute approximate surface area is 529 Å². The maximum Gasteiger partial charge on any atom is 0.166 e. The van der Waals surface area contributed by atoms with Crippen LogP contribution in [-0.2, 0) is 0 Å². The lowest BCUT2D eigenvalue weighted by Crippen LogP contribution is -2.04. The molecule has 0 bridgehead atoms. The second-order valence-electron chi connectivity index (χ2n) is 22.5. The van der Waals surface area contributed by atoms with Crippen molar-refractivity contribution in [2.75, 3.05) is 0 Å². The average molecular weight is 1180 g/mol. The van der Waals surface area contributed by atoms with E-state index in [1.807, 2.05) is 182 Å². The molecule has 0 fully saturated rings. The van der Waals surface area contributed by atoms with Gasteiger partial charge in [-0.15, -0.1) is 0 Å². The van der Waals surface area contributed by atoms with Gasteiger partial charge in [0.2, 0.25) is 0 Å². The van der Waals surface area contributed by atoms with Gasteiger partial charge in [0.25, 0.3) is 0 Å². The molecule has 430 valence electrons. The summed E-state index contributed by atoms with van der Waals surface area (Å²) in [5.41, 5.74) is 15.8. The number of nitrogens with zero attached hydrogens (tertiary/aromatic N) is 11. The Bertz CT molecular complexity index is 5250. The van der Waals surface area contributed by atoms with E-state index in [4.69, 9.17) is 44.9 Å². The van der Waals surface area contributed by atoms with Gasteiger partial charge in [-0.05, 0) is 83.9 Å². The summed E-state index contributed by atoms with van der Waals surface area (Å²) < 4.78 is 4.70. The molecule has 92 heavy (non-hydrogen) atoms. The van der Waals surface area contributed by atoms with Crippen molar-refractivity contribution in [1.29, 1.82) is 0 Å². The highest BCUT2D eigenvalue weighted by Crippen LogP contribution is 2.44. The van der Waals surface area contributed by atoms with Gasteiger partial charge in [-0.2, -0.15) is 0 Å². The van der Waals surface area contributed by atoms with E-state index < -0.39 is 0 Å². The maximum absolute atomic E-state index is 5.48. The highest BCUT2D eigenvalue weighted by molar-refractivity contribution is 6.16. The lowest BCUT2D eigenvalue weighted by atomic mass is 9.96. The van der Waals surface area contributed by atoms with E-state index >= 15 is 0 Å². The van der Waals surface area contributed by atoms with Crippen LogP contribution in [0.15, 0.2) is 309 Å². The maximum atomic E-state index is 5.48. The van der Waals surface area contributed by atoms with Gasteiger partial charge in [0.15, 0.2) is 52.4 Å². The van der Waals surface area contributed by atoms with Gasteiger partial charge in [-0.1, -0.05) is 237 Å². The van der Waals surface area contributed by atoms with Crippen LogP contribution < -0.4 is 0 Å². The molecule has 0 aliphatic rings. The predicted molar refractivity (Wildman–Crippen MR) is 370 cm³/mol. The minimum Gasteiger partial charge on any atom is -0.309 e. The number of aromatic nitrogens is 11. The van der Waals surface area contributed by atoms with Crippen LogP contribution in [0.3, 0.4) is 0 Å². The molecule has 0 spiro atoms. The van der Waals surface area contributed by atoms with Crippen LogP contribution in [0.5, 0.6) is 0 Å². The molecule has 0 saturated heterocycles. The van der Waals surface area contributed by atoms with Crippen molar-refractivity contribution in [3.63, 3.8) is 0 Å². The molecule has 11 heteroatoms. The second-order valence-corrected chi connectivity index (χ2v) is 22.5. The van der Waals surface area contributed by atoms with Crippen molar-refractivity contribution < 1.29 is 0 Å². The predicted octanol–water partition coefficient (Wildman–Crippen LogP) is 19.1. The summed E-state index contributed by atoms with van der Waals surface area (Å²) in [5, 5.41) is 4.18. The van der Waals surface area contributed by atoms with Crippen LogP contribution in [0.4, 0.5) is 0 Å². The Morgan fingerprint density at radius 2 is 0.511 bits per heavy atom. The van der Waals surface area contributed by atoms with Crippen LogP contribution in [0, 0.1) is 0 Å². The molecule has 17 rings (SSSR count). The largest absolute Gasteiger partial charge is 0.309 e. The summed E-state index contributed by atoms with van der Waals surface area (Å²) in [6.45, 7) is 0. The first-order chi connectivity index (χ1) is 45.6. The van der Waals surface area contributed by atoms with Crippen LogP contribution in [0.2, 0.25) is 0 Å². The molecule has 0 aliphatic heterocycles. The summed E-state index contributed by atoms with van der Waals surface area (Å²) in [6.07, 6.45) is 0. The number of hydrogen-bond acceptors (Lipinski definition) is 9. The number of para-hydroxylation sites is 2. The Kier molecular flexibility index (Phi) is 13.2. The summed E-state index contributed by atoms with van der Waals surface area (Å²) in [7, 11) is 0. The van der Waals surface area contributed by atoms with Gasteiger partial charge in [0.1, 0.15) is 0 Å². The minimum atomic E-state index is 0.510. The van der Waals surface area contributed by atoms with Crippen molar-refractivity contribution in [1.82, 2.24) is 54.0 Å². The normalized spacial score (nSPS) is 11.5. The quantitative estimate of drug-likeness (QED) is 0.118. The molecule has 0 atom stereocenters. The molecular formula is C81H51N11. The van der Waals surface area contributed by atoms with Crippen LogP contribution in [0.1, 0.15) is 0 Å². The first-order valence-corrected chi connectivity index (χ1v) is 30.5. The van der Waals surface area contributed by atoms with Gasteiger partial charge < -0.3 is 9.13 Å². The van der Waals surface area contributed by atoms with Gasteiger partial charge in [-0.25, -0.2) is 44.9 Å². The lowest BCUT2D eigenvalue weighted by Gasteiger charge is -2.17. The van der Waals surface area contributed by atoms with E-state index in [2.05, 4.69) is 137 Å². The fourth-order valence-electron chi connectivity index (χ4n) is 12.6. The summed E-state index contributed by atoms with van der Waals surface area (Å²) >= 11 is 0. The molecule has 0 amide bonds. The minimum absolute atomic E-state index is 0.510. The number of fused-ring (bicyclic) bond motifs is 6. The van der Waals surface area contributed by atoms with Gasteiger partial charge >= 0.3 is 0 Å². The zero-order chi connectivity index (χ0) is 60.9. The third kappa shape index (κ3) is 9.70. The molecule has 0 saturated carbocycles. The third-order valence-electron chi connectivity index (χ3n) is 16.9. The van der Waals surface area contributed by atoms with Gasteiger partial charge in [0.05, 0.1) is 27.8 Å². The number of rotatable bonds is 12. The van der Waals surface area contributed by atoms with E-state index in [1.165, 1.54) is 0 Å². The second kappa shape index (κ2) is 22.8. The first-order valence-electron chi connectivity index (χ1n) is 30.5. The zero-order valence-electron chi connectivity index (χ0n) is 49.4. The van der Waals surface area contributed by atoms with E-state index in [-0.39, 0.29) is 0 Å². The first kappa shape index (κ1) is 53.5. The molecule has 0 radical (unpaired) electrons. The molecule has 5 aromatic heterocycles. The van der Waals surface area contributed by atoms with Crippen molar-refractivity contribution in [2.24, 2.45) is 0 Å². The third-order valence-corrected chi connectivity index (χ3v) is 16.9. The van der Waals surface area contributed by atoms with E-state index in [0.29, 0.717) is 52.4 Å². The Balaban J connectivity index is 0.946. The highest BCUT2D eigenvalue weighted by Gasteiger charge is 2.25. The summed E-state index contributed by atoms with van der Waals surface area (Å²) in [4.78, 5) is 47.2. The molecule has 11 nitrogen and oxygen atoms in total. The van der Waals surface area contributed by atoms with Crippen molar-refractivity contribution in [2.45, 2.75) is 0 Å². The fraction of sp³-hybridized carbons (Fsp3) is 0. The van der Waals surface area contributed by atoms with Crippen LogP contribution in [0.25, 0.3) is 169 Å². The SMILES string of the molecule is c1ccc(-c2nc(-c3ccccc3)nc(-c3ccc4c(c3)c3cc(-c5nc(-c6ccccc6)nc(-c6ccccc6)n5)ccc3n4-c3ccc(-c4cccc5c4c4ccccc4n5-c4ccccc4)cc3-c3nc(-c4ccccc4)nc(-c4ccccc4)n3)n2)cc1. The Morgan fingerprint density at radius 3 is 0.924 bits per heavy atom. The summed E-state index contributed by atoms with van der Waals surface area (Å²) in [5.74, 6) is 4.99. The Morgan fingerprint density at radius 1 is 0.185 bits per heavy atom. The highest BCUT2D eigenvalue weighted by atomic mass is 15.1. The monoisotopic (exact) mass is 1180 g/mol. The number of hydrogen-bond donors (Lipinski definition) is 0. The zero-order valence-corrected chi connectivity index (χ0v) is 49.4.